The van der Waals surface area contributed by atoms with Crippen molar-refractivity contribution in [1.29, 1.82) is 0 Å². The van der Waals surface area contributed by atoms with E-state index in [1.54, 1.807) is 37.2 Å². The second-order valence-corrected chi connectivity index (χ2v) is 7.37. The van der Waals surface area contributed by atoms with E-state index in [-0.39, 0.29) is 42.3 Å². The quantitative estimate of drug-likeness (QED) is 0.724. The molecule has 1 fully saturated rings. The number of amides is 2. The Labute approximate surface area is 168 Å². The molecule has 2 aromatic rings. The molecule has 8 heteroatoms. The van der Waals surface area contributed by atoms with Crippen molar-refractivity contribution in [2.45, 2.75) is 12.2 Å². The van der Waals surface area contributed by atoms with Crippen LogP contribution in [0.15, 0.2) is 48.5 Å². The van der Waals surface area contributed by atoms with E-state index in [0.29, 0.717) is 12.1 Å². The molecule has 0 spiro atoms. The molecule has 1 saturated heterocycles. The summed E-state index contributed by atoms with van der Waals surface area (Å²) in [5.74, 6) is -0.572. The number of likely N-dealkylation sites (N-methyl/N-ethyl adjacent to an activating group) is 1. The van der Waals surface area contributed by atoms with E-state index in [4.69, 9.17) is 0 Å². The van der Waals surface area contributed by atoms with Gasteiger partial charge in [0.1, 0.15) is 12.0 Å². The van der Waals surface area contributed by atoms with E-state index in [9.17, 15) is 14.0 Å². The second kappa shape index (κ2) is 7.81. The Hall–Kier alpha value is -2.97. The van der Waals surface area contributed by atoms with Crippen LogP contribution in [0.2, 0.25) is 0 Å². The zero-order valence-electron chi connectivity index (χ0n) is 16.4. The minimum atomic E-state index is -0.354. The fourth-order valence-corrected chi connectivity index (χ4v) is 4.29. The number of carbonyl (C=O) groups is 2. The van der Waals surface area contributed by atoms with E-state index in [0.717, 1.165) is 11.3 Å². The molecule has 2 amide bonds. The summed E-state index contributed by atoms with van der Waals surface area (Å²) >= 11 is 0. The number of hydrogen-bond donors (Lipinski definition) is 3. The fraction of sp³-hybridized carbons (Fsp3) is 0.333. The van der Waals surface area contributed by atoms with Crippen LogP contribution in [0.25, 0.3) is 0 Å². The highest BCUT2D eigenvalue weighted by Gasteiger charge is 2.45. The largest absolute Gasteiger partial charge is 0.358 e. The average Bonchev–Trinajstić information content (AvgIpc) is 3.21. The topological polar surface area (TPSA) is 76.7 Å². The van der Waals surface area contributed by atoms with Gasteiger partial charge in [-0.15, -0.1) is 0 Å². The zero-order valence-corrected chi connectivity index (χ0v) is 16.4. The van der Waals surface area contributed by atoms with Crippen molar-refractivity contribution in [3.05, 3.63) is 65.5 Å². The molecule has 2 aliphatic heterocycles. The Morgan fingerprint density at radius 3 is 2.66 bits per heavy atom. The molecular formula is C21H24FN5O2. The van der Waals surface area contributed by atoms with Gasteiger partial charge in [-0.05, 0) is 29.8 Å². The van der Waals surface area contributed by atoms with Crippen molar-refractivity contribution in [2.24, 2.45) is 5.92 Å². The van der Waals surface area contributed by atoms with Crippen LogP contribution in [0.1, 0.15) is 22.0 Å². The summed E-state index contributed by atoms with van der Waals surface area (Å²) < 4.78 is 13.4. The van der Waals surface area contributed by atoms with Gasteiger partial charge in [-0.25, -0.2) is 9.82 Å². The van der Waals surface area contributed by atoms with Gasteiger partial charge < -0.3 is 15.1 Å². The van der Waals surface area contributed by atoms with Crippen LogP contribution in [0.5, 0.6) is 0 Å². The van der Waals surface area contributed by atoms with E-state index in [2.05, 4.69) is 16.2 Å². The molecule has 4 rings (SSSR count). The number of nitrogens with zero attached hydrogens (tertiary/aromatic N) is 2. The van der Waals surface area contributed by atoms with Gasteiger partial charge in [0, 0.05) is 26.6 Å². The molecule has 2 heterocycles. The maximum atomic E-state index is 13.4. The molecular weight excluding hydrogens is 373 g/mol. The Bertz CT molecular complexity index is 920. The van der Waals surface area contributed by atoms with Crippen LogP contribution in [0, 0.1) is 11.7 Å². The number of carbonyl (C=O) groups excluding carboxylic acids is 2. The first-order valence-corrected chi connectivity index (χ1v) is 9.58. The average molecular weight is 397 g/mol. The Morgan fingerprint density at radius 1 is 1.21 bits per heavy atom. The lowest BCUT2D eigenvalue weighted by atomic mass is 9.88. The van der Waals surface area contributed by atoms with Crippen molar-refractivity contribution < 1.29 is 14.0 Å². The molecule has 0 saturated carbocycles. The lowest BCUT2D eigenvalue weighted by Gasteiger charge is -2.47. The summed E-state index contributed by atoms with van der Waals surface area (Å²) in [6.45, 7) is 0.721. The monoisotopic (exact) mass is 397 g/mol. The van der Waals surface area contributed by atoms with Crippen LogP contribution in [-0.2, 0) is 4.79 Å². The number of rotatable bonds is 4. The molecule has 2 aromatic carbocycles. The molecule has 0 aromatic heterocycles. The van der Waals surface area contributed by atoms with Gasteiger partial charge in [0.15, 0.2) is 0 Å². The van der Waals surface area contributed by atoms with Crippen LogP contribution in [0.4, 0.5) is 10.1 Å². The second-order valence-electron chi connectivity index (χ2n) is 7.37. The molecule has 2 aliphatic rings. The molecule has 3 atom stereocenters. The van der Waals surface area contributed by atoms with E-state index < -0.39 is 0 Å². The van der Waals surface area contributed by atoms with Gasteiger partial charge in [0.05, 0.1) is 23.8 Å². The van der Waals surface area contributed by atoms with Crippen molar-refractivity contribution >= 4 is 17.5 Å². The highest BCUT2D eigenvalue weighted by Crippen LogP contribution is 2.38. The summed E-state index contributed by atoms with van der Waals surface area (Å²) in [6.07, 6.45) is -0.354. The molecule has 3 unspecified atom stereocenters. The lowest BCUT2D eigenvalue weighted by molar-refractivity contribution is -0.119. The van der Waals surface area contributed by atoms with Gasteiger partial charge in [-0.3, -0.25) is 15.0 Å². The minimum absolute atomic E-state index is 0.0626. The maximum absolute atomic E-state index is 13.4. The standard InChI is InChI=1S/C21H24FN5O2/c1-23-18(28)12-27-17-6-4-3-5-15(17)21(29)26(2)20(27)16-11-24-25-19(16)13-7-9-14(22)10-8-13/h3-10,16,19-20,24-25H,11-12H2,1-2H3,(H,23,28). The predicted molar refractivity (Wildman–Crippen MR) is 108 cm³/mol. The van der Waals surface area contributed by atoms with Crippen LogP contribution >= 0.6 is 0 Å². The van der Waals surface area contributed by atoms with Crippen molar-refractivity contribution in [3.63, 3.8) is 0 Å². The summed E-state index contributed by atoms with van der Waals surface area (Å²) in [7, 11) is 3.36. The Balaban J connectivity index is 1.75. The SMILES string of the molecule is CNC(=O)CN1c2ccccc2C(=O)N(C)C1C1CNNC1c1ccc(F)cc1. The van der Waals surface area contributed by atoms with Crippen LogP contribution in [0.3, 0.4) is 0 Å². The molecule has 3 N–H and O–H groups in total. The van der Waals surface area contributed by atoms with Crippen LogP contribution in [-0.4, -0.2) is 50.1 Å². The smallest absolute Gasteiger partial charge is 0.257 e. The molecule has 0 bridgehead atoms. The van der Waals surface area contributed by atoms with Crippen molar-refractivity contribution in [3.8, 4) is 0 Å². The van der Waals surface area contributed by atoms with Crippen molar-refractivity contribution in [1.82, 2.24) is 21.1 Å². The summed E-state index contributed by atoms with van der Waals surface area (Å²) in [4.78, 5) is 29.1. The number of hydrazine groups is 1. The first-order chi connectivity index (χ1) is 14.0. The molecule has 7 nitrogen and oxygen atoms in total. The highest BCUT2D eigenvalue weighted by molar-refractivity contribution is 6.02. The maximum Gasteiger partial charge on any atom is 0.257 e. The first-order valence-electron chi connectivity index (χ1n) is 9.58. The number of hydrogen-bond acceptors (Lipinski definition) is 5. The third-order valence-corrected chi connectivity index (χ3v) is 5.71. The number of anilines is 1. The molecule has 0 aliphatic carbocycles. The van der Waals surface area contributed by atoms with Gasteiger partial charge in [0.25, 0.3) is 5.91 Å². The number of para-hydroxylation sites is 1. The van der Waals surface area contributed by atoms with Gasteiger partial charge in [-0.1, -0.05) is 24.3 Å². The third-order valence-electron chi connectivity index (χ3n) is 5.71. The summed E-state index contributed by atoms with van der Waals surface area (Å²) in [6, 6.07) is 13.6. The van der Waals surface area contributed by atoms with Gasteiger partial charge in [0.2, 0.25) is 5.91 Å². The Morgan fingerprint density at radius 2 is 1.93 bits per heavy atom. The Kier molecular flexibility index (Phi) is 5.21. The fourth-order valence-electron chi connectivity index (χ4n) is 4.29. The minimum Gasteiger partial charge on any atom is -0.358 e. The molecule has 0 radical (unpaired) electrons. The highest BCUT2D eigenvalue weighted by atomic mass is 19.1. The zero-order chi connectivity index (χ0) is 20.5. The predicted octanol–water partition coefficient (Wildman–Crippen LogP) is 1.26. The number of halogens is 1. The normalized spacial score (nSPS) is 23.8. The molecule has 29 heavy (non-hydrogen) atoms. The first kappa shape index (κ1) is 19.4. The number of fused-ring (bicyclic) bond motifs is 1. The third kappa shape index (κ3) is 3.45. The van der Waals surface area contributed by atoms with E-state index >= 15 is 0 Å². The number of benzene rings is 2. The van der Waals surface area contributed by atoms with Gasteiger partial charge in [-0.2, -0.15) is 0 Å². The number of nitrogens with one attached hydrogen (secondary N) is 3. The van der Waals surface area contributed by atoms with E-state index in [1.165, 1.54) is 12.1 Å². The van der Waals surface area contributed by atoms with Crippen LogP contribution < -0.4 is 21.1 Å². The van der Waals surface area contributed by atoms with E-state index in [1.807, 2.05) is 23.1 Å². The molecule has 152 valence electrons. The lowest BCUT2D eigenvalue weighted by Crippen LogP contribution is -2.60. The summed E-state index contributed by atoms with van der Waals surface area (Å²) in [5.41, 5.74) is 8.66. The summed E-state index contributed by atoms with van der Waals surface area (Å²) in [5, 5.41) is 2.67. The van der Waals surface area contributed by atoms with Gasteiger partial charge >= 0.3 is 0 Å². The van der Waals surface area contributed by atoms with Crippen molar-refractivity contribution in [2.75, 3.05) is 32.1 Å².